The molecule has 3 aromatic rings. The number of sulfonamides is 1. The topological polar surface area (TPSA) is 116 Å². The zero-order valence-electron chi connectivity index (χ0n) is 15.7. The Morgan fingerprint density at radius 1 is 1.07 bits per heavy atom. The van der Waals surface area contributed by atoms with Gasteiger partial charge in [0.25, 0.3) is 10.0 Å². The summed E-state index contributed by atoms with van der Waals surface area (Å²) >= 11 is 0. The van der Waals surface area contributed by atoms with Crippen LogP contribution in [0.2, 0.25) is 0 Å². The second-order valence-electron chi connectivity index (χ2n) is 6.04. The van der Waals surface area contributed by atoms with Crippen molar-refractivity contribution in [3.63, 3.8) is 0 Å². The van der Waals surface area contributed by atoms with E-state index in [1.807, 2.05) is 24.3 Å². The summed E-state index contributed by atoms with van der Waals surface area (Å²) in [5.41, 5.74) is 1.27. The lowest BCUT2D eigenvalue weighted by molar-refractivity contribution is -0.116. The van der Waals surface area contributed by atoms with Crippen molar-refractivity contribution >= 4 is 38.6 Å². The SMILES string of the molecule is COC(=O)NS(=O)(=O)c1ccc(NC(=O)Cn2ccc3ccc(OC)cc32)cc1.[HH].[HH]. The van der Waals surface area contributed by atoms with Gasteiger partial charge in [-0.3, -0.25) is 4.79 Å². The fraction of sp³-hybridized carbons (Fsp3) is 0.158. The maximum absolute atomic E-state index is 12.4. The molecule has 2 amide bonds. The van der Waals surface area contributed by atoms with Gasteiger partial charge in [0.15, 0.2) is 0 Å². The van der Waals surface area contributed by atoms with Crippen LogP contribution in [-0.2, 0) is 26.1 Å². The van der Waals surface area contributed by atoms with Gasteiger partial charge in [-0.15, -0.1) is 0 Å². The van der Waals surface area contributed by atoms with E-state index in [1.165, 1.54) is 24.3 Å². The van der Waals surface area contributed by atoms with Crippen molar-refractivity contribution in [1.82, 2.24) is 9.29 Å². The second kappa shape index (κ2) is 8.23. The van der Waals surface area contributed by atoms with Crippen molar-refractivity contribution in [2.75, 3.05) is 19.5 Å². The standard InChI is InChI=1S/C19H19N3O6S.2H2/c1-27-15-6-3-13-9-10-22(17(13)11-15)12-18(23)20-14-4-7-16(8-5-14)29(25,26)21-19(24)28-2;;/h3-11H,12H2,1-2H3,(H,20,23)(H,21,24);2*1H. The number of nitrogens with zero attached hydrogens (tertiary/aromatic N) is 1. The van der Waals surface area contributed by atoms with Crippen LogP contribution in [0.4, 0.5) is 10.5 Å². The Labute approximate surface area is 170 Å². The van der Waals surface area contributed by atoms with Crippen LogP contribution < -0.4 is 14.8 Å². The quantitative estimate of drug-likeness (QED) is 0.632. The lowest BCUT2D eigenvalue weighted by Crippen LogP contribution is -2.30. The van der Waals surface area contributed by atoms with Crippen molar-refractivity contribution in [2.24, 2.45) is 0 Å². The van der Waals surface area contributed by atoms with E-state index >= 15 is 0 Å². The van der Waals surface area contributed by atoms with Crippen LogP contribution >= 0.6 is 0 Å². The number of carbonyl (C=O) groups is 2. The van der Waals surface area contributed by atoms with E-state index in [0.717, 1.165) is 18.0 Å². The number of carbonyl (C=O) groups excluding carboxylic acids is 2. The van der Waals surface area contributed by atoms with E-state index < -0.39 is 16.1 Å². The second-order valence-corrected chi connectivity index (χ2v) is 7.72. The Hall–Kier alpha value is -3.53. The van der Waals surface area contributed by atoms with Gasteiger partial charge in [0, 0.05) is 20.8 Å². The Morgan fingerprint density at radius 2 is 1.79 bits per heavy atom. The number of hydrogen-bond acceptors (Lipinski definition) is 6. The van der Waals surface area contributed by atoms with Crippen LogP contribution in [0.1, 0.15) is 2.85 Å². The van der Waals surface area contributed by atoms with Gasteiger partial charge in [-0.2, -0.15) is 0 Å². The van der Waals surface area contributed by atoms with Gasteiger partial charge in [-0.1, -0.05) is 0 Å². The molecule has 0 spiro atoms. The number of fused-ring (bicyclic) bond motifs is 1. The summed E-state index contributed by atoms with van der Waals surface area (Å²) < 4.78 is 37.1. The molecule has 2 N–H and O–H groups in total. The number of nitrogens with one attached hydrogen (secondary N) is 2. The van der Waals surface area contributed by atoms with Crippen molar-refractivity contribution < 1.29 is 30.3 Å². The van der Waals surface area contributed by atoms with Crippen molar-refractivity contribution in [3.05, 3.63) is 54.7 Å². The number of aromatic nitrogens is 1. The third-order valence-corrected chi connectivity index (χ3v) is 5.47. The summed E-state index contributed by atoms with van der Waals surface area (Å²) in [5, 5.41) is 3.68. The van der Waals surface area contributed by atoms with E-state index in [-0.39, 0.29) is 20.2 Å². The highest BCUT2D eigenvalue weighted by molar-refractivity contribution is 7.90. The Morgan fingerprint density at radius 3 is 2.45 bits per heavy atom. The maximum Gasteiger partial charge on any atom is 0.420 e. The molecule has 0 fully saturated rings. The first-order chi connectivity index (χ1) is 13.8. The van der Waals surface area contributed by atoms with E-state index in [4.69, 9.17) is 4.74 Å². The van der Waals surface area contributed by atoms with Crippen LogP contribution in [-0.4, -0.2) is 39.2 Å². The number of methoxy groups -OCH3 is 2. The Bertz CT molecular complexity index is 1160. The molecule has 1 heterocycles. The van der Waals surface area contributed by atoms with Gasteiger partial charge in [0.05, 0.1) is 24.6 Å². The predicted octanol–water partition coefficient (Wildman–Crippen LogP) is 2.83. The molecule has 0 aliphatic carbocycles. The first-order valence-corrected chi connectivity index (χ1v) is 9.94. The molecule has 0 aliphatic rings. The number of ether oxygens (including phenoxy) is 2. The Kier molecular flexibility index (Phi) is 5.74. The molecule has 1 aromatic heterocycles. The molecule has 0 saturated heterocycles. The van der Waals surface area contributed by atoms with Crippen molar-refractivity contribution in [2.45, 2.75) is 11.4 Å². The first kappa shape index (κ1) is 20.2. The fourth-order valence-electron chi connectivity index (χ4n) is 2.71. The summed E-state index contributed by atoms with van der Waals surface area (Å²) in [6.45, 7) is 0.0701. The normalized spacial score (nSPS) is 11.1. The molecule has 2 aromatic carbocycles. The van der Waals surface area contributed by atoms with Gasteiger partial charge < -0.3 is 19.4 Å². The van der Waals surface area contributed by atoms with E-state index in [0.29, 0.717) is 11.4 Å². The van der Waals surface area contributed by atoms with Gasteiger partial charge in [-0.05, 0) is 47.9 Å². The minimum Gasteiger partial charge on any atom is -0.497 e. The smallest absolute Gasteiger partial charge is 0.420 e. The Balaban J connectivity index is 0.00000240. The average molecular weight is 421 g/mol. The van der Waals surface area contributed by atoms with Gasteiger partial charge >= 0.3 is 6.09 Å². The zero-order chi connectivity index (χ0) is 21.0. The average Bonchev–Trinajstić information content (AvgIpc) is 3.09. The summed E-state index contributed by atoms with van der Waals surface area (Å²) in [6, 6.07) is 12.9. The number of amides is 2. The van der Waals surface area contributed by atoms with Crippen LogP contribution in [0.15, 0.2) is 59.6 Å². The molecular formula is C19H23N3O6S. The number of hydrogen-bond donors (Lipinski definition) is 2. The molecule has 10 heteroatoms. The molecular weight excluding hydrogens is 398 g/mol. The predicted molar refractivity (Wildman–Crippen MR) is 111 cm³/mol. The highest BCUT2D eigenvalue weighted by Crippen LogP contribution is 2.22. The monoisotopic (exact) mass is 421 g/mol. The fourth-order valence-corrected chi connectivity index (χ4v) is 3.63. The number of rotatable bonds is 6. The first-order valence-electron chi connectivity index (χ1n) is 8.46. The van der Waals surface area contributed by atoms with Crippen LogP contribution in [0.3, 0.4) is 0 Å². The van der Waals surface area contributed by atoms with E-state index in [9.17, 15) is 18.0 Å². The molecule has 0 aliphatic heterocycles. The molecule has 0 saturated carbocycles. The third kappa shape index (κ3) is 4.66. The zero-order valence-corrected chi connectivity index (χ0v) is 16.5. The van der Waals surface area contributed by atoms with Crippen LogP contribution in [0.25, 0.3) is 10.9 Å². The molecule has 0 atom stereocenters. The molecule has 0 unspecified atom stereocenters. The molecule has 3 rings (SSSR count). The third-order valence-electron chi connectivity index (χ3n) is 4.15. The maximum atomic E-state index is 12.4. The van der Waals surface area contributed by atoms with Gasteiger partial charge in [0.1, 0.15) is 12.3 Å². The summed E-state index contributed by atoms with van der Waals surface area (Å²) in [5.74, 6) is 0.406. The van der Waals surface area contributed by atoms with Crippen LogP contribution in [0, 0.1) is 0 Å². The lowest BCUT2D eigenvalue weighted by Gasteiger charge is -2.09. The van der Waals surface area contributed by atoms with Crippen LogP contribution in [0.5, 0.6) is 5.75 Å². The van der Waals surface area contributed by atoms with E-state index in [2.05, 4.69) is 10.1 Å². The van der Waals surface area contributed by atoms with Gasteiger partial charge in [-0.25, -0.2) is 17.9 Å². The van der Waals surface area contributed by atoms with Crippen molar-refractivity contribution in [1.29, 1.82) is 0 Å². The summed E-state index contributed by atoms with van der Waals surface area (Å²) in [6.07, 6.45) is 0.718. The number of benzene rings is 2. The molecule has 29 heavy (non-hydrogen) atoms. The van der Waals surface area contributed by atoms with Crippen molar-refractivity contribution in [3.8, 4) is 5.75 Å². The summed E-state index contributed by atoms with van der Waals surface area (Å²) in [4.78, 5) is 23.4. The lowest BCUT2D eigenvalue weighted by atomic mass is 10.2. The largest absolute Gasteiger partial charge is 0.497 e. The molecule has 9 nitrogen and oxygen atoms in total. The minimum absolute atomic E-state index is 0. The highest BCUT2D eigenvalue weighted by atomic mass is 32.2. The molecule has 0 radical (unpaired) electrons. The highest BCUT2D eigenvalue weighted by Gasteiger charge is 2.18. The molecule has 156 valence electrons. The number of anilines is 1. The summed E-state index contributed by atoms with van der Waals surface area (Å²) in [7, 11) is -1.40. The van der Waals surface area contributed by atoms with E-state index in [1.54, 1.807) is 22.6 Å². The molecule has 0 bridgehead atoms. The van der Waals surface area contributed by atoms with Gasteiger partial charge in [0.2, 0.25) is 5.91 Å². The minimum atomic E-state index is -4.04.